The second kappa shape index (κ2) is 13.7. The number of nitrogens with zero attached hydrogens (tertiary/aromatic N) is 1. The number of rotatable bonds is 6. The van der Waals surface area contributed by atoms with Crippen LogP contribution in [0.4, 0.5) is 0 Å². The van der Waals surface area contributed by atoms with Crippen LogP contribution in [-0.2, 0) is 32.0 Å². The van der Waals surface area contributed by atoms with Crippen LogP contribution in [0.1, 0.15) is 35.3 Å². The molecule has 0 saturated carbocycles. The van der Waals surface area contributed by atoms with E-state index >= 15 is 0 Å². The fourth-order valence-corrected chi connectivity index (χ4v) is 4.76. The highest BCUT2D eigenvalue weighted by molar-refractivity contribution is 6.00. The number of hydrogen-bond acceptors (Lipinski definition) is 8. The number of phenolic OH excluding ortho intramolecular Hbond substituents is 1. The number of para-hydroxylation sites is 1. The lowest BCUT2D eigenvalue weighted by atomic mass is 9.92. The van der Waals surface area contributed by atoms with Gasteiger partial charge in [0.15, 0.2) is 6.10 Å². The Morgan fingerprint density at radius 1 is 0.905 bits per heavy atom. The molecule has 1 aromatic heterocycles. The number of aromatic hydroxyl groups is 1. The van der Waals surface area contributed by atoms with E-state index in [0.29, 0.717) is 5.56 Å². The molecular weight excluding hydrogens is 540 g/mol. The number of carbonyl (C=O) groups is 4. The molecule has 2 heterocycles. The Bertz CT molecular complexity index is 1400. The largest absolute Gasteiger partial charge is 0.507 e. The van der Waals surface area contributed by atoms with E-state index in [1.807, 2.05) is 6.07 Å². The van der Waals surface area contributed by atoms with Gasteiger partial charge in [0.25, 0.3) is 11.8 Å². The van der Waals surface area contributed by atoms with E-state index in [2.05, 4.69) is 20.9 Å². The number of carbonyl (C=O) groups excluding carboxylic acids is 4. The van der Waals surface area contributed by atoms with Crippen molar-refractivity contribution in [1.82, 2.24) is 20.9 Å². The Kier molecular flexibility index (Phi) is 9.87. The van der Waals surface area contributed by atoms with Gasteiger partial charge in [-0.05, 0) is 49.6 Å². The number of esters is 1. The molecule has 11 nitrogen and oxygen atoms in total. The van der Waals surface area contributed by atoms with Gasteiger partial charge < -0.3 is 30.9 Å². The maximum Gasteiger partial charge on any atom is 0.312 e. The van der Waals surface area contributed by atoms with Crippen molar-refractivity contribution in [1.29, 1.82) is 0 Å². The third-order valence-corrected chi connectivity index (χ3v) is 7.20. The molecule has 0 spiro atoms. The molecule has 0 aliphatic carbocycles. The number of amides is 3. The van der Waals surface area contributed by atoms with Crippen molar-refractivity contribution < 1.29 is 34.1 Å². The van der Waals surface area contributed by atoms with Crippen molar-refractivity contribution in [3.05, 3.63) is 95.8 Å². The summed E-state index contributed by atoms with van der Waals surface area (Å²) in [6.07, 6.45) is 0.646. The minimum Gasteiger partial charge on any atom is -0.507 e. The number of benzene rings is 2. The molecule has 1 fully saturated rings. The Balaban J connectivity index is 1.69. The summed E-state index contributed by atoms with van der Waals surface area (Å²) in [6, 6.07) is 15.0. The van der Waals surface area contributed by atoms with Crippen LogP contribution in [0.15, 0.2) is 79.1 Å². The van der Waals surface area contributed by atoms with E-state index in [1.54, 1.807) is 60.9 Å². The summed E-state index contributed by atoms with van der Waals surface area (Å²) in [6.45, 7) is 2.98. The molecule has 2 aromatic carbocycles. The van der Waals surface area contributed by atoms with Crippen LogP contribution in [0.3, 0.4) is 0 Å². The first kappa shape index (κ1) is 30.2. The molecule has 6 unspecified atom stereocenters. The van der Waals surface area contributed by atoms with E-state index in [-0.39, 0.29) is 24.2 Å². The molecule has 11 heteroatoms. The summed E-state index contributed by atoms with van der Waals surface area (Å²) in [5.74, 6) is -4.34. The molecule has 4 rings (SSSR count). The number of aromatic nitrogens is 1. The number of hydrogen-bond donors (Lipinski definition) is 5. The van der Waals surface area contributed by atoms with Gasteiger partial charge in [-0.1, -0.05) is 48.5 Å². The van der Waals surface area contributed by atoms with E-state index < -0.39 is 59.9 Å². The summed E-state index contributed by atoms with van der Waals surface area (Å²) in [5, 5.41) is 29.5. The van der Waals surface area contributed by atoms with Crippen molar-refractivity contribution in [3.63, 3.8) is 0 Å². The molecule has 0 radical (unpaired) electrons. The molecule has 1 aliphatic heterocycles. The van der Waals surface area contributed by atoms with Gasteiger partial charge in [0.1, 0.15) is 11.8 Å². The summed E-state index contributed by atoms with van der Waals surface area (Å²) in [4.78, 5) is 57.5. The number of ether oxygens (including phenoxy) is 1. The van der Waals surface area contributed by atoms with Gasteiger partial charge in [-0.3, -0.25) is 24.2 Å². The zero-order valence-corrected chi connectivity index (χ0v) is 23.3. The van der Waals surface area contributed by atoms with Crippen molar-refractivity contribution in [2.24, 2.45) is 5.92 Å². The third kappa shape index (κ3) is 7.49. The number of aliphatic hydroxyl groups excluding tert-OH is 1. The monoisotopic (exact) mass is 574 g/mol. The smallest absolute Gasteiger partial charge is 0.312 e. The zero-order chi connectivity index (χ0) is 30.2. The quantitative estimate of drug-likeness (QED) is 0.275. The molecule has 42 heavy (non-hydrogen) atoms. The van der Waals surface area contributed by atoms with Crippen LogP contribution in [-0.4, -0.2) is 69.2 Å². The van der Waals surface area contributed by atoms with Gasteiger partial charge in [-0.25, -0.2) is 0 Å². The summed E-state index contributed by atoms with van der Waals surface area (Å²) in [5.41, 5.74) is 1.36. The van der Waals surface area contributed by atoms with Gasteiger partial charge in [0.2, 0.25) is 5.91 Å². The topological polar surface area (TPSA) is 167 Å². The molecule has 1 aliphatic rings. The molecule has 0 bridgehead atoms. The Morgan fingerprint density at radius 3 is 2.29 bits per heavy atom. The fourth-order valence-electron chi connectivity index (χ4n) is 4.76. The molecular formula is C31H34N4O7. The SMILES string of the molecule is CC1NC(=O)C(Cc2ccccc2)OC(=O)C(C)C(O)C(Cc2cccnc2)NC(=O)C1NC(=O)c1ccccc1O. The fraction of sp³-hybridized carbons (Fsp3) is 0.323. The van der Waals surface area contributed by atoms with E-state index in [4.69, 9.17) is 4.74 Å². The molecule has 5 N–H and O–H groups in total. The van der Waals surface area contributed by atoms with Crippen LogP contribution >= 0.6 is 0 Å². The normalized spacial score (nSPS) is 25.2. The Labute approximate surface area is 243 Å². The first-order chi connectivity index (χ1) is 20.1. The lowest BCUT2D eigenvalue weighted by molar-refractivity contribution is -0.164. The number of nitrogens with one attached hydrogen (secondary N) is 3. The van der Waals surface area contributed by atoms with E-state index in [0.717, 1.165) is 5.56 Å². The van der Waals surface area contributed by atoms with Crippen LogP contribution in [0, 0.1) is 5.92 Å². The van der Waals surface area contributed by atoms with E-state index in [1.165, 1.54) is 26.0 Å². The second-order valence-electron chi connectivity index (χ2n) is 10.3. The first-order valence-electron chi connectivity index (χ1n) is 13.6. The molecule has 1 saturated heterocycles. The number of aliphatic hydroxyl groups is 1. The highest BCUT2D eigenvalue weighted by atomic mass is 16.5. The van der Waals surface area contributed by atoms with Gasteiger partial charge >= 0.3 is 5.97 Å². The highest BCUT2D eigenvalue weighted by Crippen LogP contribution is 2.19. The van der Waals surface area contributed by atoms with Gasteiger partial charge in [0, 0.05) is 18.8 Å². The van der Waals surface area contributed by atoms with Crippen molar-refractivity contribution >= 4 is 23.7 Å². The average Bonchev–Trinajstić information content (AvgIpc) is 2.99. The van der Waals surface area contributed by atoms with Crippen LogP contribution in [0.2, 0.25) is 0 Å². The second-order valence-corrected chi connectivity index (χ2v) is 10.3. The standard InChI is InChI=1S/C31H34N4O7/c1-18-27(37)23(15-21-11-8-14-32-17-21)34-30(40)26(35-28(38)22-12-6-7-13-24(22)36)19(2)33-29(39)25(42-31(18)41)16-20-9-4-3-5-10-20/h3-14,17-19,23,25-27,36-37H,15-16H2,1-2H3,(H,33,39)(H,34,40)(H,35,38). The minimum atomic E-state index is -1.41. The highest BCUT2D eigenvalue weighted by Gasteiger charge is 2.39. The van der Waals surface area contributed by atoms with Gasteiger partial charge in [-0.15, -0.1) is 0 Å². The maximum absolute atomic E-state index is 13.7. The van der Waals surface area contributed by atoms with Gasteiger partial charge in [-0.2, -0.15) is 0 Å². The summed E-state index contributed by atoms with van der Waals surface area (Å²) < 4.78 is 5.64. The summed E-state index contributed by atoms with van der Waals surface area (Å²) >= 11 is 0. The third-order valence-electron chi connectivity index (χ3n) is 7.20. The first-order valence-corrected chi connectivity index (χ1v) is 13.6. The van der Waals surface area contributed by atoms with Crippen LogP contribution < -0.4 is 16.0 Å². The number of pyridine rings is 1. The Morgan fingerprint density at radius 2 is 1.60 bits per heavy atom. The molecule has 3 amide bonds. The van der Waals surface area contributed by atoms with Crippen LogP contribution in [0.5, 0.6) is 5.75 Å². The zero-order valence-electron chi connectivity index (χ0n) is 23.3. The van der Waals surface area contributed by atoms with Crippen LogP contribution in [0.25, 0.3) is 0 Å². The van der Waals surface area contributed by atoms with Gasteiger partial charge in [0.05, 0.1) is 29.7 Å². The lowest BCUT2D eigenvalue weighted by Crippen LogP contribution is -2.62. The number of cyclic esters (lactones) is 1. The molecule has 6 atom stereocenters. The minimum absolute atomic E-state index is 0.0498. The predicted molar refractivity (Wildman–Crippen MR) is 152 cm³/mol. The Hall–Kier alpha value is -4.77. The van der Waals surface area contributed by atoms with E-state index in [9.17, 15) is 29.4 Å². The number of phenols is 1. The average molecular weight is 575 g/mol. The maximum atomic E-state index is 13.7. The van der Waals surface area contributed by atoms with Crippen molar-refractivity contribution in [2.45, 2.75) is 57.0 Å². The molecule has 3 aromatic rings. The van der Waals surface area contributed by atoms with Crippen molar-refractivity contribution in [2.75, 3.05) is 0 Å². The predicted octanol–water partition coefficient (Wildman–Crippen LogP) is 1.28. The molecule has 220 valence electrons. The van der Waals surface area contributed by atoms with Crippen molar-refractivity contribution in [3.8, 4) is 5.75 Å². The summed E-state index contributed by atoms with van der Waals surface area (Å²) in [7, 11) is 0. The lowest BCUT2D eigenvalue weighted by Gasteiger charge is -2.33.